The normalized spacial score (nSPS) is 9.90. The number of halogens is 3. The third kappa shape index (κ3) is 33.7. The van der Waals surface area contributed by atoms with Gasteiger partial charge in [0, 0.05) is 6.61 Å². The van der Waals surface area contributed by atoms with Crippen molar-refractivity contribution in [2.75, 3.05) is 6.61 Å². The van der Waals surface area contributed by atoms with E-state index in [4.69, 9.17) is 33.0 Å². The molecule has 0 aliphatic heterocycles. The van der Waals surface area contributed by atoms with Gasteiger partial charge in [-0.25, -0.2) is 0 Å². The molecule has 0 heterocycles. The topological polar surface area (TPSA) is 20.2 Å². The van der Waals surface area contributed by atoms with Crippen molar-refractivity contribution >= 4 is 27.9 Å². The van der Waals surface area contributed by atoms with E-state index >= 15 is 0 Å². The van der Waals surface area contributed by atoms with Gasteiger partial charge in [-0.05, 0) is 5.41 Å². The predicted molar refractivity (Wildman–Crippen MR) is 44.1 cm³/mol. The summed E-state index contributed by atoms with van der Waals surface area (Å²) in [6, 6.07) is 0. The summed E-state index contributed by atoms with van der Waals surface area (Å²) >= 11 is -1.92. The number of aliphatic hydroxyl groups is 1. The molecule has 0 radical (unpaired) electrons. The Morgan fingerprint density at radius 1 is 1.20 bits per heavy atom. The van der Waals surface area contributed by atoms with Gasteiger partial charge in [-0.15, -0.1) is 0 Å². The molecule has 63 valence electrons. The van der Waals surface area contributed by atoms with E-state index in [-0.39, 0.29) is 12.0 Å². The van der Waals surface area contributed by atoms with Crippen molar-refractivity contribution in [3.8, 4) is 0 Å². The molecule has 5 heteroatoms. The van der Waals surface area contributed by atoms with Gasteiger partial charge >= 0.3 is 42.6 Å². The summed E-state index contributed by atoms with van der Waals surface area (Å²) in [7, 11) is 14.9. The number of hydrogen-bond donors (Lipinski definition) is 1. The van der Waals surface area contributed by atoms with Gasteiger partial charge in [0.2, 0.25) is 0 Å². The molecule has 1 nitrogen and oxygen atoms in total. The Hall–Kier alpha value is 1.54. The van der Waals surface area contributed by atoms with E-state index in [1.807, 2.05) is 20.8 Å². The molecule has 0 aromatic rings. The van der Waals surface area contributed by atoms with E-state index in [1.54, 1.807) is 0 Å². The first-order valence-corrected chi connectivity index (χ1v) is 9.18. The Bertz CT molecular complexity index is 69.0. The van der Waals surface area contributed by atoms with Crippen LogP contribution in [0.2, 0.25) is 0 Å². The van der Waals surface area contributed by atoms with Crippen LogP contribution in [-0.2, 0) is 14.7 Å². The van der Waals surface area contributed by atoms with Crippen LogP contribution in [0.3, 0.4) is 0 Å². The molecule has 0 fully saturated rings. The molecular formula is C5H12Cl3OTi. The second-order valence-electron chi connectivity index (χ2n) is 2.93. The Balaban J connectivity index is 0. The molecule has 0 aromatic carbocycles. The summed E-state index contributed by atoms with van der Waals surface area (Å²) in [5.41, 5.74) is 0.0972. The van der Waals surface area contributed by atoms with E-state index in [1.165, 1.54) is 0 Å². The zero-order valence-electron chi connectivity index (χ0n) is 6.29. The monoisotopic (exact) mass is 241 g/mol. The zero-order valence-corrected chi connectivity index (χ0v) is 10.1. The van der Waals surface area contributed by atoms with Crippen molar-refractivity contribution in [1.82, 2.24) is 0 Å². The van der Waals surface area contributed by atoms with Crippen molar-refractivity contribution in [1.29, 1.82) is 0 Å². The maximum absolute atomic E-state index is 8.40. The third-order valence-electron chi connectivity index (χ3n) is 0.474. The molecule has 0 saturated heterocycles. The molecule has 0 saturated carbocycles. The molecule has 0 aliphatic carbocycles. The summed E-state index contributed by atoms with van der Waals surface area (Å²) < 4.78 is 0. The Morgan fingerprint density at radius 3 is 1.30 bits per heavy atom. The molecule has 0 atom stereocenters. The molecule has 0 spiro atoms. The van der Waals surface area contributed by atoms with Crippen LogP contribution in [-0.4, -0.2) is 11.7 Å². The van der Waals surface area contributed by atoms with Gasteiger partial charge in [0.25, 0.3) is 0 Å². The van der Waals surface area contributed by atoms with Crippen LogP contribution in [0.15, 0.2) is 0 Å². The molecule has 0 aromatic heterocycles. The van der Waals surface area contributed by atoms with Gasteiger partial charge in [-0.3, -0.25) is 0 Å². The first kappa shape index (κ1) is 14.1. The molecule has 0 unspecified atom stereocenters. The second kappa shape index (κ2) is 7.21. The third-order valence-corrected chi connectivity index (χ3v) is 0.474. The van der Waals surface area contributed by atoms with Crippen LogP contribution in [0.5, 0.6) is 0 Å². The van der Waals surface area contributed by atoms with Crippen LogP contribution < -0.4 is 0 Å². The van der Waals surface area contributed by atoms with Gasteiger partial charge in [0.15, 0.2) is 0 Å². The molecule has 1 N–H and O–H groups in total. The van der Waals surface area contributed by atoms with E-state index in [0.29, 0.717) is 0 Å². The average molecular weight is 242 g/mol. The molecule has 0 amide bonds. The Morgan fingerprint density at radius 2 is 1.30 bits per heavy atom. The first-order chi connectivity index (χ1) is 4.29. The molecule has 0 bridgehead atoms. The number of rotatable bonds is 0. The van der Waals surface area contributed by atoms with Crippen molar-refractivity contribution in [2.24, 2.45) is 5.41 Å². The fourth-order valence-corrected chi connectivity index (χ4v) is 0. The quantitative estimate of drug-likeness (QED) is 0.647. The summed E-state index contributed by atoms with van der Waals surface area (Å²) in [4.78, 5) is 0. The minimum absolute atomic E-state index is 0.0972. The van der Waals surface area contributed by atoms with Crippen LogP contribution in [0.4, 0.5) is 0 Å². The number of hydrogen-bond acceptors (Lipinski definition) is 1. The molecular weight excluding hydrogens is 230 g/mol. The Kier molecular flexibility index (Phi) is 10.2. The van der Waals surface area contributed by atoms with Crippen molar-refractivity contribution in [3.63, 3.8) is 0 Å². The van der Waals surface area contributed by atoms with E-state index in [0.717, 1.165) is 0 Å². The van der Waals surface area contributed by atoms with E-state index in [2.05, 4.69) is 0 Å². The molecule has 10 heavy (non-hydrogen) atoms. The van der Waals surface area contributed by atoms with Crippen molar-refractivity contribution in [2.45, 2.75) is 20.8 Å². The predicted octanol–water partition coefficient (Wildman–Crippen LogP) is 3.09. The zero-order chi connectivity index (χ0) is 8.78. The standard InChI is InChI=1S/C5H12O.3ClH.Ti/c1-5(2,3)4-6;;;;/h6H,4H2,1-3H3;3*1H;/q;;;;+3/p-3. The first-order valence-electron chi connectivity index (χ1n) is 2.74. The number of aliphatic hydroxyl groups excluding tert-OH is 1. The van der Waals surface area contributed by atoms with E-state index < -0.39 is 14.7 Å². The van der Waals surface area contributed by atoms with Gasteiger partial charge in [0.1, 0.15) is 0 Å². The summed E-state index contributed by atoms with van der Waals surface area (Å²) in [6.07, 6.45) is 0. The SMILES string of the molecule is CC(C)(C)CO.[Cl][Ti]([Cl])[Cl]. The van der Waals surface area contributed by atoms with Crippen LogP contribution in [0.25, 0.3) is 0 Å². The maximum atomic E-state index is 8.40. The van der Waals surface area contributed by atoms with Crippen molar-refractivity contribution < 1.29 is 19.8 Å². The van der Waals surface area contributed by atoms with Crippen LogP contribution in [0.1, 0.15) is 20.8 Å². The van der Waals surface area contributed by atoms with Gasteiger partial charge in [0.05, 0.1) is 0 Å². The van der Waals surface area contributed by atoms with Gasteiger partial charge in [-0.2, -0.15) is 0 Å². The summed E-state index contributed by atoms with van der Waals surface area (Å²) in [5.74, 6) is 0. The molecule has 0 rings (SSSR count). The fourth-order valence-electron chi connectivity index (χ4n) is 0. The van der Waals surface area contributed by atoms with Gasteiger partial charge < -0.3 is 5.11 Å². The molecule has 0 aliphatic rings. The minimum atomic E-state index is -1.92. The van der Waals surface area contributed by atoms with Crippen LogP contribution >= 0.6 is 27.9 Å². The average Bonchev–Trinajstić information content (AvgIpc) is 1.63. The second-order valence-corrected chi connectivity index (χ2v) is 10.7. The summed E-state index contributed by atoms with van der Waals surface area (Å²) in [6.45, 7) is 6.25. The fraction of sp³-hybridized carbons (Fsp3) is 1.00. The Labute approximate surface area is 80.1 Å². The van der Waals surface area contributed by atoms with Crippen molar-refractivity contribution in [3.05, 3.63) is 0 Å². The summed E-state index contributed by atoms with van der Waals surface area (Å²) in [5, 5.41) is 8.40. The van der Waals surface area contributed by atoms with Gasteiger partial charge in [-0.1, -0.05) is 20.8 Å². The van der Waals surface area contributed by atoms with Crippen LogP contribution in [0, 0.1) is 5.41 Å². The van der Waals surface area contributed by atoms with E-state index in [9.17, 15) is 0 Å².